The number of nitrogens with zero attached hydrogens (tertiary/aromatic N) is 1. The van der Waals surface area contributed by atoms with Crippen LogP contribution in [-0.4, -0.2) is 36.9 Å². The summed E-state index contributed by atoms with van der Waals surface area (Å²) in [7, 11) is 0. The maximum absolute atomic E-state index is 11.1. The van der Waals surface area contributed by atoms with Gasteiger partial charge in [-0.1, -0.05) is 12.1 Å². The first-order chi connectivity index (χ1) is 10.2. The maximum Gasteiger partial charge on any atom is 0.207 e. The van der Waals surface area contributed by atoms with E-state index in [1.54, 1.807) is 6.07 Å². The lowest BCUT2D eigenvalue weighted by molar-refractivity contribution is -0.110. The Balaban J connectivity index is 1.94. The number of hydrogen-bond donors (Lipinski definition) is 2. The summed E-state index contributed by atoms with van der Waals surface area (Å²) >= 11 is 0. The van der Waals surface area contributed by atoms with Crippen LogP contribution in [0.2, 0.25) is 0 Å². The van der Waals surface area contributed by atoms with Gasteiger partial charge in [0.15, 0.2) is 6.29 Å². The second kappa shape index (κ2) is 5.44. The Kier molecular flexibility index (Phi) is 3.48. The fourth-order valence-corrected chi connectivity index (χ4v) is 2.88. The van der Waals surface area contributed by atoms with Gasteiger partial charge in [-0.15, -0.1) is 0 Å². The van der Waals surface area contributed by atoms with Crippen molar-refractivity contribution < 1.29 is 14.7 Å². The Morgan fingerprint density at radius 2 is 2.10 bits per heavy atom. The van der Waals surface area contributed by atoms with Crippen molar-refractivity contribution in [3.63, 3.8) is 0 Å². The summed E-state index contributed by atoms with van der Waals surface area (Å²) in [5.74, 6) is 0.00155. The zero-order valence-electron chi connectivity index (χ0n) is 11.5. The summed E-state index contributed by atoms with van der Waals surface area (Å²) in [6.45, 7) is 1.67. The monoisotopic (exact) mass is 284 g/mol. The fourth-order valence-electron chi connectivity index (χ4n) is 2.88. The van der Waals surface area contributed by atoms with Crippen LogP contribution in [0.1, 0.15) is 16.8 Å². The van der Waals surface area contributed by atoms with Gasteiger partial charge in [-0.25, -0.2) is 0 Å². The van der Waals surface area contributed by atoms with Crippen LogP contribution < -0.4 is 10.2 Å². The van der Waals surface area contributed by atoms with Crippen molar-refractivity contribution in [3.05, 3.63) is 35.9 Å². The molecule has 2 N–H and O–H groups in total. The Hall–Kier alpha value is -2.56. The minimum absolute atomic E-state index is 0.00155. The van der Waals surface area contributed by atoms with Gasteiger partial charge >= 0.3 is 0 Å². The minimum Gasteiger partial charge on any atom is -0.507 e. The third kappa shape index (κ3) is 2.42. The normalized spacial score (nSPS) is 17.9. The lowest BCUT2D eigenvalue weighted by Crippen LogP contribution is -2.31. The summed E-state index contributed by atoms with van der Waals surface area (Å²) in [4.78, 5) is 23.8. The number of carbonyl (C=O) groups excluding carboxylic acids is 2. The Morgan fingerprint density at radius 1 is 1.24 bits per heavy atom. The lowest BCUT2D eigenvalue weighted by Gasteiger charge is -2.19. The highest BCUT2D eigenvalue weighted by Crippen LogP contribution is 2.30. The molecule has 1 atom stereocenters. The molecule has 1 aliphatic heterocycles. The number of phenols is 1. The van der Waals surface area contributed by atoms with E-state index in [2.05, 4.69) is 10.2 Å². The van der Waals surface area contributed by atoms with E-state index in [0.29, 0.717) is 11.8 Å². The second-order valence-corrected chi connectivity index (χ2v) is 5.24. The molecule has 1 unspecified atom stereocenters. The Labute approximate surface area is 122 Å². The molecule has 0 spiro atoms. The Morgan fingerprint density at radius 3 is 2.86 bits per heavy atom. The van der Waals surface area contributed by atoms with Gasteiger partial charge in [0.1, 0.15) is 5.75 Å². The summed E-state index contributed by atoms with van der Waals surface area (Å²) in [5.41, 5.74) is 1.38. The van der Waals surface area contributed by atoms with Gasteiger partial charge in [0, 0.05) is 24.8 Å². The molecule has 0 bridgehead atoms. The van der Waals surface area contributed by atoms with Gasteiger partial charge in [0.2, 0.25) is 6.41 Å². The van der Waals surface area contributed by atoms with Crippen LogP contribution >= 0.6 is 0 Å². The van der Waals surface area contributed by atoms with E-state index in [9.17, 15) is 14.7 Å². The lowest BCUT2D eigenvalue weighted by atomic mass is 10.0. The SMILES string of the molecule is O=CNC1CCN(c2ccc3c(C=O)c(O)ccc3c2)C1. The molecule has 0 aliphatic carbocycles. The number of benzene rings is 2. The average molecular weight is 284 g/mol. The molecule has 2 aromatic rings. The van der Waals surface area contributed by atoms with Crippen LogP contribution in [0.5, 0.6) is 5.75 Å². The summed E-state index contributed by atoms with van der Waals surface area (Å²) < 4.78 is 0. The molecule has 5 heteroatoms. The van der Waals surface area contributed by atoms with Crippen LogP contribution in [0.15, 0.2) is 30.3 Å². The molecule has 0 aromatic heterocycles. The van der Waals surface area contributed by atoms with E-state index in [1.807, 2.05) is 18.2 Å². The first kappa shape index (κ1) is 13.4. The highest BCUT2D eigenvalue weighted by atomic mass is 16.3. The Bertz CT molecular complexity index is 699. The third-order valence-electron chi connectivity index (χ3n) is 4.00. The van der Waals surface area contributed by atoms with Crippen molar-refractivity contribution in [1.82, 2.24) is 5.32 Å². The van der Waals surface area contributed by atoms with E-state index in [1.165, 1.54) is 6.07 Å². The maximum atomic E-state index is 11.1. The topological polar surface area (TPSA) is 69.6 Å². The fraction of sp³-hybridized carbons (Fsp3) is 0.250. The molecule has 1 aliphatic rings. The average Bonchev–Trinajstić information content (AvgIpc) is 2.96. The smallest absolute Gasteiger partial charge is 0.207 e. The van der Waals surface area contributed by atoms with Crippen LogP contribution in [0.4, 0.5) is 5.69 Å². The molecule has 1 heterocycles. The minimum atomic E-state index is 0.00155. The number of hydrogen-bond acceptors (Lipinski definition) is 4. The van der Waals surface area contributed by atoms with Crippen LogP contribution in [0, 0.1) is 0 Å². The summed E-state index contributed by atoms with van der Waals surface area (Å²) in [6.07, 6.45) is 2.34. The number of phenolic OH excluding ortho intramolecular Hbond substituents is 1. The number of aldehydes is 1. The number of anilines is 1. The van der Waals surface area contributed by atoms with Crippen molar-refractivity contribution in [2.45, 2.75) is 12.5 Å². The molecular formula is C16H16N2O3. The zero-order valence-corrected chi connectivity index (χ0v) is 11.5. The number of nitrogens with one attached hydrogen (secondary N) is 1. The first-order valence-corrected chi connectivity index (χ1v) is 6.88. The van der Waals surface area contributed by atoms with E-state index in [0.717, 1.165) is 42.4 Å². The van der Waals surface area contributed by atoms with Crippen molar-refractivity contribution in [1.29, 1.82) is 0 Å². The first-order valence-electron chi connectivity index (χ1n) is 6.88. The quantitative estimate of drug-likeness (QED) is 0.838. The predicted octanol–water partition coefficient (Wildman–Crippen LogP) is 1.68. The van der Waals surface area contributed by atoms with Gasteiger partial charge in [-0.3, -0.25) is 9.59 Å². The highest BCUT2D eigenvalue weighted by Gasteiger charge is 2.22. The van der Waals surface area contributed by atoms with Gasteiger partial charge in [-0.05, 0) is 35.4 Å². The van der Waals surface area contributed by atoms with Crippen LogP contribution in [0.25, 0.3) is 10.8 Å². The molecule has 1 amide bonds. The summed E-state index contributed by atoms with van der Waals surface area (Å²) in [6, 6.07) is 9.33. The molecule has 21 heavy (non-hydrogen) atoms. The van der Waals surface area contributed by atoms with Crippen LogP contribution in [0.3, 0.4) is 0 Å². The largest absolute Gasteiger partial charge is 0.507 e. The van der Waals surface area contributed by atoms with E-state index < -0.39 is 0 Å². The summed E-state index contributed by atoms with van der Waals surface area (Å²) in [5, 5.41) is 14.2. The standard InChI is InChI=1S/C16H16N2O3/c19-9-15-14-3-2-13(7-11(14)1-4-16(15)21)18-6-5-12(8-18)17-10-20/h1-4,7,9-10,12,21H,5-6,8H2,(H,17,20). The van der Waals surface area contributed by atoms with Gasteiger partial charge < -0.3 is 15.3 Å². The highest BCUT2D eigenvalue weighted by molar-refractivity contribution is 6.01. The molecule has 1 fully saturated rings. The molecule has 0 radical (unpaired) electrons. The number of rotatable bonds is 4. The molecular weight excluding hydrogens is 268 g/mol. The molecule has 0 saturated carbocycles. The molecule has 2 aromatic carbocycles. The van der Waals surface area contributed by atoms with Crippen molar-refractivity contribution in [3.8, 4) is 5.75 Å². The van der Waals surface area contributed by atoms with Crippen molar-refractivity contribution in [2.75, 3.05) is 18.0 Å². The number of fused-ring (bicyclic) bond motifs is 1. The molecule has 1 saturated heterocycles. The van der Waals surface area contributed by atoms with E-state index in [-0.39, 0.29) is 11.8 Å². The number of carbonyl (C=O) groups is 2. The van der Waals surface area contributed by atoms with Gasteiger partial charge in [-0.2, -0.15) is 0 Å². The molecule has 5 nitrogen and oxygen atoms in total. The predicted molar refractivity (Wildman–Crippen MR) is 80.8 cm³/mol. The van der Waals surface area contributed by atoms with Crippen molar-refractivity contribution in [2.24, 2.45) is 0 Å². The molecule has 108 valence electrons. The number of aromatic hydroxyl groups is 1. The van der Waals surface area contributed by atoms with E-state index >= 15 is 0 Å². The third-order valence-corrected chi connectivity index (χ3v) is 4.00. The molecule has 3 rings (SSSR count). The van der Waals surface area contributed by atoms with Crippen LogP contribution in [-0.2, 0) is 4.79 Å². The van der Waals surface area contributed by atoms with Crippen molar-refractivity contribution >= 4 is 29.2 Å². The van der Waals surface area contributed by atoms with Gasteiger partial charge in [0.25, 0.3) is 0 Å². The zero-order chi connectivity index (χ0) is 14.8. The second-order valence-electron chi connectivity index (χ2n) is 5.24. The van der Waals surface area contributed by atoms with Gasteiger partial charge in [0.05, 0.1) is 5.56 Å². The van der Waals surface area contributed by atoms with E-state index in [4.69, 9.17) is 0 Å². The number of amides is 1.